The summed E-state index contributed by atoms with van der Waals surface area (Å²) >= 11 is 0. The fraction of sp³-hybridized carbons (Fsp3) is 0.765. The third-order valence-corrected chi connectivity index (χ3v) is 4.97. The van der Waals surface area contributed by atoms with Crippen molar-refractivity contribution in [3.8, 4) is 0 Å². The molecule has 0 saturated carbocycles. The number of rotatable bonds is 7. The number of unbranched alkanes of at least 4 members (excludes halogenated alkanes) is 2. The zero-order valence-electron chi connectivity index (χ0n) is 13.4. The van der Waals surface area contributed by atoms with Crippen molar-refractivity contribution in [3.05, 3.63) is 12.2 Å². The van der Waals surface area contributed by atoms with E-state index >= 15 is 0 Å². The molecule has 3 aliphatic heterocycles. The minimum absolute atomic E-state index is 0.0535. The van der Waals surface area contributed by atoms with Crippen LogP contribution in [0.2, 0.25) is 0 Å². The SMILES string of the molecule is CCCCOC(=O)[C@@H]1[C@@H]2C=C[C@@]3(CN(CCCC)C(=O)[C@H]13)O2. The molecule has 5 nitrogen and oxygen atoms in total. The number of nitrogens with zero attached hydrogens (tertiary/aromatic N) is 1. The number of hydrogen-bond acceptors (Lipinski definition) is 4. The Hall–Kier alpha value is -1.36. The van der Waals surface area contributed by atoms with Crippen LogP contribution in [0.1, 0.15) is 39.5 Å². The summed E-state index contributed by atoms with van der Waals surface area (Å²) in [5.41, 5.74) is -0.593. The van der Waals surface area contributed by atoms with E-state index in [1.54, 1.807) is 0 Å². The van der Waals surface area contributed by atoms with Crippen LogP contribution in [0.15, 0.2) is 12.2 Å². The zero-order valence-corrected chi connectivity index (χ0v) is 13.4. The molecule has 1 amide bonds. The third-order valence-electron chi connectivity index (χ3n) is 4.97. The van der Waals surface area contributed by atoms with Gasteiger partial charge in [-0.1, -0.05) is 38.8 Å². The van der Waals surface area contributed by atoms with Crippen LogP contribution in [0.4, 0.5) is 0 Å². The lowest BCUT2D eigenvalue weighted by atomic mass is 9.77. The molecule has 3 heterocycles. The molecule has 122 valence electrons. The van der Waals surface area contributed by atoms with Gasteiger partial charge in [0.25, 0.3) is 0 Å². The summed E-state index contributed by atoms with van der Waals surface area (Å²) in [7, 11) is 0. The predicted octanol–water partition coefficient (Wildman–Crippen LogP) is 1.91. The topological polar surface area (TPSA) is 55.8 Å². The summed E-state index contributed by atoms with van der Waals surface area (Å²) in [5.74, 6) is -1.09. The van der Waals surface area contributed by atoms with E-state index in [9.17, 15) is 9.59 Å². The first kappa shape index (κ1) is 15.5. The Morgan fingerprint density at radius 2 is 2.18 bits per heavy atom. The van der Waals surface area contributed by atoms with Crippen molar-refractivity contribution in [1.82, 2.24) is 4.90 Å². The van der Waals surface area contributed by atoms with Crippen molar-refractivity contribution in [2.45, 2.75) is 51.2 Å². The van der Waals surface area contributed by atoms with Crippen LogP contribution in [0.25, 0.3) is 0 Å². The highest BCUT2D eigenvalue weighted by Gasteiger charge is 2.67. The largest absolute Gasteiger partial charge is 0.465 e. The lowest BCUT2D eigenvalue weighted by molar-refractivity contribution is -0.153. The Morgan fingerprint density at radius 3 is 2.91 bits per heavy atom. The quantitative estimate of drug-likeness (QED) is 0.409. The molecule has 3 rings (SSSR count). The average molecular weight is 307 g/mol. The first-order valence-corrected chi connectivity index (χ1v) is 8.45. The van der Waals surface area contributed by atoms with Crippen molar-refractivity contribution in [1.29, 1.82) is 0 Å². The highest BCUT2D eigenvalue weighted by molar-refractivity contribution is 5.91. The number of carbonyl (C=O) groups excluding carboxylic acids is 2. The van der Waals surface area contributed by atoms with Crippen molar-refractivity contribution in [2.75, 3.05) is 19.7 Å². The molecule has 2 bridgehead atoms. The van der Waals surface area contributed by atoms with Crippen LogP contribution in [0.5, 0.6) is 0 Å². The lowest BCUT2D eigenvalue weighted by Crippen LogP contribution is -2.40. The van der Waals surface area contributed by atoms with Gasteiger partial charge in [0.1, 0.15) is 11.5 Å². The molecule has 0 unspecified atom stereocenters. The summed E-state index contributed by atoms with van der Waals surface area (Å²) in [4.78, 5) is 27.0. The van der Waals surface area contributed by atoms with Gasteiger partial charge >= 0.3 is 5.97 Å². The Labute approximate surface area is 131 Å². The molecule has 0 radical (unpaired) electrons. The highest BCUT2D eigenvalue weighted by Crippen LogP contribution is 2.52. The summed E-state index contributed by atoms with van der Waals surface area (Å²) in [6, 6.07) is 0. The molecule has 0 aromatic heterocycles. The maximum Gasteiger partial charge on any atom is 0.312 e. The Balaban J connectivity index is 1.73. The summed E-state index contributed by atoms with van der Waals surface area (Å²) in [6.45, 7) is 5.90. The lowest BCUT2D eigenvalue weighted by Gasteiger charge is -2.22. The van der Waals surface area contributed by atoms with Crippen LogP contribution in [-0.2, 0) is 19.1 Å². The standard InChI is InChI=1S/C17H25NO4/c1-3-5-9-18-11-17-8-7-12(22-17)13(14(17)15(18)19)16(20)21-10-6-4-2/h7-8,12-14H,3-6,9-11H2,1-2H3/t12-,13+,14-,17-/m0/s1. The molecular weight excluding hydrogens is 282 g/mol. The summed E-state index contributed by atoms with van der Waals surface area (Å²) in [6.07, 6.45) is 7.48. The van der Waals surface area contributed by atoms with E-state index in [-0.39, 0.29) is 18.0 Å². The molecule has 0 aromatic carbocycles. The molecule has 5 heteroatoms. The molecule has 0 aromatic rings. The monoisotopic (exact) mass is 307 g/mol. The van der Waals surface area contributed by atoms with Crippen LogP contribution in [-0.4, -0.2) is 48.2 Å². The smallest absolute Gasteiger partial charge is 0.312 e. The van der Waals surface area contributed by atoms with Gasteiger partial charge in [0.2, 0.25) is 5.91 Å². The van der Waals surface area contributed by atoms with Crippen LogP contribution in [0.3, 0.4) is 0 Å². The van der Waals surface area contributed by atoms with Crippen molar-refractivity contribution in [3.63, 3.8) is 0 Å². The van der Waals surface area contributed by atoms with E-state index in [2.05, 4.69) is 13.8 Å². The first-order chi connectivity index (χ1) is 10.6. The second kappa shape index (κ2) is 6.03. The zero-order chi connectivity index (χ0) is 15.7. The maximum atomic E-state index is 12.7. The molecule has 3 aliphatic rings. The van der Waals surface area contributed by atoms with Gasteiger partial charge in [-0.3, -0.25) is 9.59 Å². The second-order valence-corrected chi connectivity index (χ2v) is 6.53. The van der Waals surface area contributed by atoms with Gasteiger partial charge in [-0.05, 0) is 12.8 Å². The molecule has 0 aliphatic carbocycles. The van der Waals surface area contributed by atoms with E-state index in [4.69, 9.17) is 9.47 Å². The minimum atomic E-state index is -0.593. The van der Waals surface area contributed by atoms with Crippen molar-refractivity contribution < 1.29 is 19.1 Å². The van der Waals surface area contributed by atoms with E-state index in [1.807, 2.05) is 17.1 Å². The number of likely N-dealkylation sites (tertiary alicyclic amines) is 1. The number of esters is 1. The molecule has 22 heavy (non-hydrogen) atoms. The average Bonchev–Trinajstić information content (AvgIpc) is 3.14. The van der Waals surface area contributed by atoms with Gasteiger partial charge in [0, 0.05) is 6.54 Å². The van der Waals surface area contributed by atoms with Gasteiger partial charge in [-0.15, -0.1) is 0 Å². The summed E-state index contributed by atoms with van der Waals surface area (Å²) in [5, 5.41) is 0. The number of hydrogen-bond donors (Lipinski definition) is 0. The van der Waals surface area contributed by atoms with E-state index in [1.165, 1.54) is 0 Å². The maximum absolute atomic E-state index is 12.7. The van der Waals surface area contributed by atoms with E-state index in [0.717, 1.165) is 32.2 Å². The van der Waals surface area contributed by atoms with E-state index < -0.39 is 17.4 Å². The minimum Gasteiger partial charge on any atom is -0.465 e. The van der Waals surface area contributed by atoms with Gasteiger partial charge in [0.05, 0.1) is 25.2 Å². The first-order valence-electron chi connectivity index (χ1n) is 8.45. The van der Waals surface area contributed by atoms with Gasteiger partial charge < -0.3 is 14.4 Å². The molecule has 2 saturated heterocycles. The van der Waals surface area contributed by atoms with Crippen molar-refractivity contribution >= 4 is 11.9 Å². The van der Waals surface area contributed by atoms with Crippen molar-refractivity contribution in [2.24, 2.45) is 11.8 Å². The molecule has 2 fully saturated rings. The van der Waals surface area contributed by atoms with Gasteiger partial charge in [0.15, 0.2) is 0 Å². The fourth-order valence-corrected chi connectivity index (χ4v) is 3.80. The van der Waals surface area contributed by atoms with Crippen LogP contribution >= 0.6 is 0 Å². The Bertz CT molecular complexity index is 489. The number of fused-ring (bicyclic) bond motifs is 1. The Kier molecular flexibility index (Phi) is 4.26. The fourth-order valence-electron chi connectivity index (χ4n) is 3.80. The Morgan fingerprint density at radius 1 is 1.41 bits per heavy atom. The van der Waals surface area contributed by atoms with Crippen LogP contribution < -0.4 is 0 Å². The third kappa shape index (κ3) is 2.35. The summed E-state index contributed by atoms with van der Waals surface area (Å²) < 4.78 is 11.4. The van der Waals surface area contributed by atoms with E-state index in [0.29, 0.717) is 13.2 Å². The number of amides is 1. The second-order valence-electron chi connectivity index (χ2n) is 6.53. The predicted molar refractivity (Wildman–Crippen MR) is 81.1 cm³/mol. The molecule has 4 atom stereocenters. The number of ether oxygens (including phenoxy) is 2. The molecular formula is C17H25NO4. The van der Waals surface area contributed by atoms with Gasteiger partial charge in [-0.25, -0.2) is 0 Å². The molecule has 1 spiro atoms. The highest BCUT2D eigenvalue weighted by atomic mass is 16.6. The number of carbonyl (C=O) groups is 2. The van der Waals surface area contributed by atoms with Crippen LogP contribution in [0, 0.1) is 11.8 Å². The molecule has 0 N–H and O–H groups in total. The van der Waals surface area contributed by atoms with Gasteiger partial charge in [-0.2, -0.15) is 0 Å². The normalized spacial score (nSPS) is 35.3.